The van der Waals surface area contributed by atoms with E-state index in [-0.39, 0.29) is 34.3 Å². The van der Waals surface area contributed by atoms with Crippen LogP contribution in [0.4, 0.5) is 5.69 Å². The van der Waals surface area contributed by atoms with Gasteiger partial charge >= 0.3 is 0 Å². The first-order valence-electron chi connectivity index (χ1n) is 11.2. The van der Waals surface area contributed by atoms with Gasteiger partial charge in [0.05, 0.1) is 11.8 Å². The Morgan fingerprint density at radius 3 is 2.58 bits per heavy atom. The standard InChI is InChI=1S/C22H29N5O5S/c1-12-8-9-15(32-12)18(21(29)25-11-14-7-4-10-31-14)27(13-5-2-3-6-13)22(30)19-16(23)17(20(24)28)26-33-19/h8-9,13-14,18H,2-7,10-11,23H2,1H3,(H2,24,28)(H,25,29). The summed E-state index contributed by atoms with van der Waals surface area (Å²) in [6, 6.07) is 2.31. The third-order valence-electron chi connectivity index (χ3n) is 6.19. The fourth-order valence-electron chi connectivity index (χ4n) is 4.53. The van der Waals surface area contributed by atoms with Crippen LogP contribution in [0, 0.1) is 6.92 Å². The molecule has 2 fully saturated rings. The summed E-state index contributed by atoms with van der Waals surface area (Å²) in [6.07, 6.45) is 5.19. The van der Waals surface area contributed by atoms with Crippen molar-refractivity contribution in [1.82, 2.24) is 14.6 Å². The number of hydrogen-bond donors (Lipinski definition) is 3. The Kier molecular flexibility index (Phi) is 6.99. The van der Waals surface area contributed by atoms with E-state index in [1.54, 1.807) is 24.0 Å². The molecule has 4 rings (SSSR count). The van der Waals surface area contributed by atoms with Crippen molar-refractivity contribution in [3.63, 3.8) is 0 Å². The van der Waals surface area contributed by atoms with Crippen molar-refractivity contribution in [1.29, 1.82) is 0 Å². The maximum Gasteiger partial charge on any atom is 0.270 e. The highest BCUT2D eigenvalue weighted by Gasteiger charge is 2.41. The SMILES string of the molecule is Cc1ccc(C(C(=O)NCC2CCCO2)N(C(=O)c2snc(C(N)=O)c2N)C2CCCC2)o1. The Morgan fingerprint density at radius 1 is 1.24 bits per heavy atom. The number of hydrogen-bond acceptors (Lipinski definition) is 8. The van der Waals surface area contributed by atoms with Crippen LogP contribution in [0.2, 0.25) is 0 Å². The van der Waals surface area contributed by atoms with E-state index in [1.165, 1.54) is 0 Å². The summed E-state index contributed by atoms with van der Waals surface area (Å²) in [6.45, 7) is 2.82. The molecule has 5 N–H and O–H groups in total. The van der Waals surface area contributed by atoms with Gasteiger partial charge in [-0.1, -0.05) is 12.8 Å². The predicted octanol–water partition coefficient (Wildman–Crippen LogP) is 2.15. The largest absolute Gasteiger partial charge is 0.464 e. The van der Waals surface area contributed by atoms with Crippen LogP contribution in [0.5, 0.6) is 0 Å². The number of nitrogens with one attached hydrogen (secondary N) is 1. The lowest BCUT2D eigenvalue weighted by Crippen LogP contribution is -2.49. The lowest BCUT2D eigenvalue weighted by atomic mass is 10.1. The van der Waals surface area contributed by atoms with E-state index in [4.69, 9.17) is 20.6 Å². The van der Waals surface area contributed by atoms with Gasteiger partial charge < -0.3 is 30.8 Å². The summed E-state index contributed by atoms with van der Waals surface area (Å²) in [5.41, 5.74) is 11.2. The highest BCUT2D eigenvalue weighted by atomic mass is 32.1. The van der Waals surface area contributed by atoms with Gasteiger partial charge in [0.1, 0.15) is 16.4 Å². The number of rotatable bonds is 8. The first-order valence-corrected chi connectivity index (χ1v) is 12.0. The number of anilines is 1. The normalized spacial score (nSPS) is 19.5. The number of carbonyl (C=O) groups is 3. The molecule has 0 spiro atoms. The zero-order valence-electron chi connectivity index (χ0n) is 18.5. The van der Waals surface area contributed by atoms with Gasteiger partial charge in [-0.05, 0) is 56.3 Å². The summed E-state index contributed by atoms with van der Waals surface area (Å²) in [5.74, 6) is -0.610. The first kappa shape index (κ1) is 23.2. The van der Waals surface area contributed by atoms with Crippen LogP contribution in [0.15, 0.2) is 16.5 Å². The molecule has 33 heavy (non-hydrogen) atoms. The van der Waals surface area contributed by atoms with E-state index in [2.05, 4.69) is 9.69 Å². The van der Waals surface area contributed by atoms with Gasteiger partial charge in [0.25, 0.3) is 17.7 Å². The Hall–Kier alpha value is -2.92. The number of aryl methyl sites for hydroxylation is 1. The van der Waals surface area contributed by atoms with Crippen LogP contribution < -0.4 is 16.8 Å². The molecule has 2 aromatic rings. The Bertz CT molecular complexity index is 1020. The van der Waals surface area contributed by atoms with E-state index in [0.29, 0.717) is 24.7 Å². The highest BCUT2D eigenvalue weighted by Crippen LogP contribution is 2.36. The number of primary amides is 1. The maximum atomic E-state index is 13.8. The van der Waals surface area contributed by atoms with Gasteiger partial charge in [-0.3, -0.25) is 14.4 Å². The lowest BCUT2D eigenvalue weighted by Gasteiger charge is -2.34. The van der Waals surface area contributed by atoms with Gasteiger partial charge in [-0.2, -0.15) is 4.37 Å². The maximum absolute atomic E-state index is 13.8. The van der Waals surface area contributed by atoms with Crippen LogP contribution >= 0.6 is 11.5 Å². The molecule has 3 heterocycles. The molecule has 1 aliphatic carbocycles. The summed E-state index contributed by atoms with van der Waals surface area (Å²) in [7, 11) is 0. The molecular weight excluding hydrogens is 446 g/mol. The second-order valence-electron chi connectivity index (χ2n) is 8.52. The molecule has 2 aliphatic rings. The van der Waals surface area contributed by atoms with Crippen LogP contribution in [-0.2, 0) is 9.53 Å². The number of amides is 3. The average Bonchev–Trinajstić information content (AvgIpc) is 3.57. The monoisotopic (exact) mass is 475 g/mol. The molecule has 0 radical (unpaired) electrons. The first-order chi connectivity index (χ1) is 15.9. The number of nitrogens with two attached hydrogens (primary N) is 2. The van der Waals surface area contributed by atoms with Crippen molar-refractivity contribution in [2.45, 2.75) is 63.6 Å². The minimum absolute atomic E-state index is 0.0427. The minimum Gasteiger partial charge on any atom is -0.464 e. The van der Waals surface area contributed by atoms with Gasteiger partial charge in [0, 0.05) is 19.2 Å². The lowest BCUT2D eigenvalue weighted by molar-refractivity contribution is -0.127. The van der Waals surface area contributed by atoms with Crippen LogP contribution in [0.1, 0.15) is 76.2 Å². The molecule has 1 aliphatic heterocycles. The smallest absolute Gasteiger partial charge is 0.270 e. The summed E-state index contributed by atoms with van der Waals surface area (Å²) >= 11 is 0.814. The molecule has 2 unspecified atom stereocenters. The van der Waals surface area contributed by atoms with Gasteiger partial charge in [-0.15, -0.1) is 0 Å². The fourth-order valence-corrected chi connectivity index (χ4v) is 5.28. The summed E-state index contributed by atoms with van der Waals surface area (Å²) < 4.78 is 15.4. The van der Waals surface area contributed by atoms with Crippen molar-refractivity contribution < 1.29 is 23.5 Å². The highest BCUT2D eigenvalue weighted by molar-refractivity contribution is 7.09. The molecule has 10 nitrogen and oxygen atoms in total. The molecular formula is C22H29N5O5S. The molecule has 2 aromatic heterocycles. The Labute approximate surface area is 195 Å². The number of ether oxygens (including phenoxy) is 1. The van der Waals surface area contributed by atoms with E-state index in [1.807, 2.05) is 0 Å². The summed E-state index contributed by atoms with van der Waals surface area (Å²) in [4.78, 5) is 40.6. The second kappa shape index (κ2) is 9.92. The number of furan rings is 1. The molecule has 0 aromatic carbocycles. The van der Waals surface area contributed by atoms with E-state index >= 15 is 0 Å². The molecule has 1 saturated carbocycles. The van der Waals surface area contributed by atoms with Crippen molar-refractivity contribution >= 4 is 34.9 Å². The number of carbonyl (C=O) groups excluding carboxylic acids is 3. The van der Waals surface area contributed by atoms with Crippen molar-refractivity contribution in [2.24, 2.45) is 5.73 Å². The van der Waals surface area contributed by atoms with Crippen LogP contribution in [0.25, 0.3) is 0 Å². The summed E-state index contributed by atoms with van der Waals surface area (Å²) in [5, 5.41) is 2.95. The topological polar surface area (TPSA) is 154 Å². The minimum atomic E-state index is -0.991. The molecule has 178 valence electrons. The fraction of sp³-hybridized carbons (Fsp3) is 0.545. The second-order valence-corrected chi connectivity index (χ2v) is 9.29. The third kappa shape index (κ3) is 4.88. The van der Waals surface area contributed by atoms with E-state index in [9.17, 15) is 14.4 Å². The van der Waals surface area contributed by atoms with Crippen molar-refractivity contribution in [3.8, 4) is 0 Å². The number of nitrogen functional groups attached to an aromatic ring is 1. The van der Waals surface area contributed by atoms with Crippen LogP contribution in [-0.4, -0.2) is 52.3 Å². The third-order valence-corrected chi connectivity index (χ3v) is 7.04. The Balaban J connectivity index is 1.69. The zero-order valence-corrected chi connectivity index (χ0v) is 19.4. The molecule has 0 bridgehead atoms. The number of aromatic nitrogens is 1. The van der Waals surface area contributed by atoms with E-state index < -0.39 is 17.9 Å². The quantitative estimate of drug-likeness (QED) is 0.528. The van der Waals surface area contributed by atoms with Crippen molar-refractivity contribution in [2.75, 3.05) is 18.9 Å². The zero-order chi connectivity index (χ0) is 23.5. The van der Waals surface area contributed by atoms with Crippen molar-refractivity contribution in [3.05, 3.63) is 34.2 Å². The molecule has 11 heteroatoms. The molecule has 2 atom stereocenters. The molecule has 3 amide bonds. The van der Waals surface area contributed by atoms with Gasteiger partial charge in [-0.25, -0.2) is 0 Å². The van der Waals surface area contributed by atoms with Gasteiger partial charge in [0.15, 0.2) is 11.7 Å². The van der Waals surface area contributed by atoms with Gasteiger partial charge in [0.2, 0.25) is 0 Å². The van der Waals surface area contributed by atoms with E-state index in [0.717, 1.165) is 50.1 Å². The molecule has 1 saturated heterocycles. The number of nitrogens with zero attached hydrogens (tertiary/aromatic N) is 2. The Morgan fingerprint density at radius 2 is 2.00 bits per heavy atom. The van der Waals surface area contributed by atoms with Crippen LogP contribution in [0.3, 0.4) is 0 Å². The predicted molar refractivity (Wildman–Crippen MR) is 122 cm³/mol. The average molecular weight is 476 g/mol.